The summed E-state index contributed by atoms with van der Waals surface area (Å²) in [7, 11) is 0. The molecular formula is C9H8N2O. The van der Waals surface area contributed by atoms with Crippen molar-refractivity contribution in [1.29, 1.82) is 5.26 Å². The van der Waals surface area contributed by atoms with E-state index < -0.39 is 0 Å². The monoisotopic (exact) mass is 160 g/mol. The Morgan fingerprint density at radius 3 is 2.75 bits per heavy atom. The third-order valence-electron chi connectivity index (χ3n) is 1.53. The summed E-state index contributed by atoms with van der Waals surface area (Å²) in [5.74, 6) is 2.44. The van der Waals surface area contributed by atoms with Gasteiger partial charge in [0, 0.05) is 18.0 Å². The van der Waals surface area contributed by atoms with Crippen LogP contribution in [-0.2, 0) is 13.2 Å². The highest BCUT2D eigenvalue weighted by atomic mass is 16.3. The van der Waals surface area contributed by atoms with Crippen LogP contribution in [0, 0.1) is 23.7 Å². The number of hydrogen-bond acceptors (Lipinski definition) is 2. The first kappa shape index (κ1) is 8.39. The molecule has 0 bridgehead atoms. The molecule has 0 aliphatic rings. The summed E-state index contributed by atoms with van der Waals surface area (Å²) in [4.78, 5) is 0. The van der Waals surface area contributed by atoms with Gasteiger partial charge in [-0.25, -0.2) is 0 Å². The van der Waals surface area contributed by atoms with Crippen molar-refractivity contribution in [1.82, 2.24) is 4.57 Å². The van der Waals surface area contributed by atoms with Gasteiger partial charge in [-0.15, -0.1) is 6.42 Å². The Morgan fingerprint density at radius 2 is 2.33 bits per heavy atom. The van der Waals surface area contributed by atoms with Crippen LogP contribution in [0.5, 0.6) is 0 Å². The molecule has 0 aliphatic heterocycles. The summed E-state index contributed by atoms with van der Waals surface area (Å²) < 4.78 is 1.70. The molecule has 1 aromatic rings. The largest absolute Gasteiger partial charge is 0.392 e. The van der Waals surface area contributed by atoms with Crippen LogP contribution in [0.4, 0.5) is 0 Å². The zero-order valence-corrected chi connectivity index (χ0v) is 6.49. The van der Waals surface area contributed by atoms with E-state index in [4.69, 9.17) is 16.8 Å². The molecule has 0 saturated heterocycles. The Kier molecular flexibility index (Phi) is 2.53. The fraction of sp³-hybridized carbons (Fsp3) is 0.222. The molecule has 12 heavy (non-hydrogen) atoms. The second-order valence-corrected chi connectivity index (χ2v) is 2.34. The molecule has 60 valence electrons. The molecule has 1 N–H and O–H groups in total. The molecule has 0 radical (unpaired) electrons. The minimum absolute atomic E-state index is 0.125. The molecule has 0 spiro atoms. The van der Waals surface area contributed by atoms with Gasteiger partial charge < -0.3 is 9.67 Å². The van der Waals surface area contributed by atoms with Crippen LogP contribution in [0.3, 0.4) is 0 Å². The fourth-order valence-electron chi connectivity index (χ4n) is 0.979. The van der Waals surface area contributed by atoms with Crippen molar-refractivity contribution in [3.8, 4) is 18.4 Å². The minimum atomic E-state index is -0.125. The molecule has 0 unspecified atom stereocenters. The Bertz CT molecular complexity index is 352. The second-order valence-electron chi connectivity index (χ2n) is 2.34. The second kappa shape index (κ2) is 3.61. The normalized spacial score (nSPS) is 8.92. The van der Waals surface area contributed by atoms with Crippen molar-refractivity contribution in [2.45, 2.75) is 13.2 Å². The lowest BCUT2D eigenvalue weighted by Crippen LogP contribution is -1.89. The molecule has 0 aromatic carbocycles. The first-order valence-corrected chi connectivity index (χ1v) is 3.45. The lowest BCUT2D eigenvalue weighted by Gasteiger charge is -1.91. The van der Waals surface area contributed by atoms with Crippen LogP contribution >= 0.6 is 0 Å². The quantitative estimate of drug-likeness (QED) is 0.640. The molecule has 3 nitrogen and oxygen atoms in total. The molecular weight excluding hydrogens is 152 g/mol. The Morgan fingerprint density at radius 1 is 1.58 bits per heavy atom. The first-order chi connectivity index (χ1) is 5.81. The van der Waals surface area contributed by atoms with E-state index in [0.717, 1.165) is 0 Å². The summed E-state index contributed by atoms with van der Waals surface area (Å²) in [5, 5.41) is 17.4. The van der Waals surface area contributed by atoms with Gasteiger partial charge in [0.1, 0.15) is 6.07 Å². The van der Waals surface area contributed by atoms with Crippen LogP contribution in [0.15, 0.2) is 12.4 Å². The highest BCUT2D eigenvalue weighted by Crippen LogP contribution is 2.08. The van der Waals surface area contributed by atoms with Crippen molar-refractivity contribution in [3.05, 3.63) is 23.5 Å². The van der Waals surface area contributed by atoms with Crippen molar-refractivity contribution < 1.29 is 5.11 Å². The maximum absolute atomic E-state index is 8.81. The lowest BCUT2D eigenvalue weighted by molar-refractivity contribution is 0.281. The van der Waals surface area contributed by atoms with E-state index in [1.165, 1.54) is 0 Å². The predicted molar refractivity (Wildman–Crippen MR) is 43.9 cm³/mol. The summed E-state index contributed by atoms with van der Waals surface area (Å²) in [5.41, 5.74) is 1.10. The average Bonchev–Trinajstić information content (AvgIpc) is 2.48. The van der Waals surface area contributed by atoms with Gasteiger partial charge in [-0.05, 0) is 0 Å². The van der Waals surface area contributed by atoms with Gasteiger partial charge >= 0.3 is 0 Å². The van der Waals surface area contributed by atoms with Crippen molar-refractivity contribution in [3.63, 3.8) is 0 Å². The number of nitriles is 1. The van der Waals surface area contributed by atoms with Crippen LogP contribution in [0.25, 0.3) is 0 Å². The number of terminal acetylenes is 1. The smallest absolute Gasteiger partial charge is 0.101 e. The van der Waals surface area contributed by atoms with E-state index in [1.807, 2.05) is 6.07 Å². The van der Waals surface area contributed by atoms with Crippen molar-refractivity contribution in [2.24, 2.45) is 0 Å². The van der Waals surface area contributed by atoms with Crippen LogP contribution in [-0.4, -0.2) is 9.67 Å². The fourth-order valence-corrected chi connectivity index (χ4v) is 0.979. The number of aliphatic hydroxyl groups excluding tert-OH is 1. The zero-order chi connectivity index (χ0) is 8.97. The van der Waals surface area contributed by atoms with Crippen LogP contribution < -0.4 is 0 Å². The molecule has 1 aromatic heterocycles. The van der Waals surface area contributed by atoms with E-state index in [9.17, 15) is 0 Å². The maximum atomic E-state index is 8.81. The van der Waals surface area contributed by atoms with Crippen LogP contribution in [0.1, 0.15) is 11.1 Å². The number of aromatic nitrogens is 1. The Balaban J connectivity index is 3.01. The van der Waals surface area contributed by atoms with Crippen molar-refractivity contribution in [2.75, 3.05) is 0 Å². The minimum Gasteiger partial charge on any atom is -0.392 e. The maximum Gasteiger partial charge on any atom is 0.101 e. The Hall–Kier alpha value is -1.71. The summed E-state index contributed by atoms with van der Waals surface area (Å²) >= 11 is 0. The topological polar surface area (TPSA) is 49.0 Å². The van der Waals surface area contributed by atoms with Gasteiger partial charge in [0.25, 0.3) is 0 Å². The van der Waals surface area contributed by atoms with Crippen LogP contribution in [0.2, 0.25) is 0 Å². The Labute approximate surface area is 70.9 Å². The van der Waals surface area contributed by atoms with Gasteiger partial charge in [0.05, 0.1) is 18.7 Å². The van der Waals surface area contributed by atoms with E-state index >= 15 is 0 Å². The first-order valence-electron chi connectivity index (χ1n) is 3.45. The van der Waals surface area contributed by atoms with Gasteiger partial charge in [-0.1, -0.05) is 5.92 Å². The van der Waals surface area contributed by atoms with Gasteiger partial charge in [-0.2, -0.15) is 5.26 Å². The molecule has 0 saturated carbocycles. The molecule has 1 heterocycles. The van der Waals surface area contributed by atoms with E-state index in [2.05, 4.69) is 5.92 Å². The predicted octanol–water partition coefficient (Wildman–Crippen LogP) is 0.485. The van der Waals surface area contributed by atoms with E-state index in [-0.39, 0.29) is 6.61 Å². The number of aliphatic hydroxyl groups is 1. The molecule has 0 amide bonds. The third-order valence-corrected chi connectivity index (χ3v) is 1.53. The molecule has 3 heteroatoms. The molecule has 0 aliphatic carbocycles. The third kappa shape index (κ3) is 1.47. The lowest BCUT2D eigenvalue weighted by atomic mass is 10.2. The summed E-state index contributed by atoms with van der Waals surface area (Å²) in [6, 6.07) is 1.98. The zero-order valence-electron chi connectivity index (χ0n) is 6.49. The number of hydrogen-bond donors (Lipinski definition) is 1. The van der Waals surface area contributed by atoms with Gasteiger partial charge in [0.2, 0.25) is 0 Å². The SMILES string of the molecule is C#CCn1cc(C#N)c(CO)c1. The van der Waals surface area contributed by atoms with Gasteiger partial charge in [-0.3, -0.25) is 0 Å². The highest BCUT2D eigenvalue weighted by Gasteiger charge is 2.03. The standard InChI is InChI=1S/C9H8N2O/c1-2-3-11-5-8(4-10)9(6-11)7-12/h1,5-6,12H,3,7H2. The van der Waals surface area contributed by atoms with Gasteiger partial charge in [0.15, 0.2) is 0 Å². The molecule has 0 atom stereocenters. The molecule has 1 rings (SSSR count). The van der Waals surface area contributed by atoms with E-state index in [1.54, 1.807) is 17.0 Å². The number of rotatable bonds is 2. The molecule has 0 fully saturated rings. The van der Waals surface area contributed by atoms with E-state index in [0.29, 0.717) is 17.7 Å². The number of nitrogens with zero attached hydrogens (tertiary/aromatic N) is 2. The summed E-state index contributed by atoms with van der Waals surface area (Å²) in [6.45, 7) is 0.301. The highest BCUT2D eigenvalue weighted by molar-refractivity contribution is 5.35. The summed E-state index contributed by atoms with van der Waals surface area (Å²) in [6.07, 6.45) is 8.40. The van der Waals surface area contributed by atoms with Crippen molar-refractivity contribution >= 4 is 0 Å². The average molecular weight is 160 g/mol.